The van der Waals surface area contributed by atoms with Crippen molar-refractivity contribution in [1.82, 2.24) is 9.88 Å². The van der Waals surface area contributed by atoms with E-state index in [2.05, 4.69) is 35.3 Å². The zero-order chi connectivity index (χ0) is 10.7. The lowest BCUT2D eigenvalue weighted by molar-refractivity contribution is 0.0207. The van der Waals surface area contributed by atoms with Gasteiger partial charge in [-0.05, 0) is 31.4 Å². The highest BCUT2D eigenvalue weighted by Gasteiger charge is 2.28. The predicted octanol–water partition coefficient (Wildman–Crippen LogP) is 1.68. The molecule has 1 saturated heterocycles. The summed E-state index contributed by atoms with van der Waals surface area (Å²) in [5, 5.41) is 3.46. The van der Waals surface area contributed by atoms with E-state index in [0.29, 0.717) is 0 Å². The summed E-state index contributed by atoms with van der Waals surface area (Å²) in [6, 6.07) is 2.14. The third-order valence-corrected chi connectivity index (χ3v) is 3.02. The molecule has 1 aromatic heterocycles. The number of hydrogen-bond acceptors (Lipinski definition) is 2. The fraction of sp³-hybridized carbons (Fsp3) is 0.667. The summed E-state index contributed by atoms with van der Waals surface area (Å²) in [5.41, 5.74) is 1.40. The first-order chi connectivity index (χ1) is 7.18. The van der Waals surface area contributed by atoms with Gasteiger partial charge in [0.15, 0.2) is 0 Å². The third kappa shape index (κ3) is 2.83. The largest absolute Gasteiger partial charge is 0.374 e. The number of nitrogens with zero attached hydrogens (tertiary/aromatic N) is 1. The molecule has 0 aliphatic carbocycles. The summed E-state index contributed by atoms with van der Waals surface area (Å²) in [5.74, 6) is 0. The molecule has 3 heteroatoms. The summed E-state index contributed by atoms with van der Waals surface area (Å²) in [6.45, 7) is 4.99. The molecular weight excluding hydrogens is 188 g/mol. The SMILES string of the molecule is Cn1ccc(CNCC2(C)CCCO2)c1. The summed E-state index contributed by atoms with van der Waals surface area (Å²) >= 11 is 0. The van der Waals surface area contributed by atoms with Crippen LogP contribution < -0.4 is 5.32 Å². The zero-order valence-electron chi connectivity index (χ0n) is 9.62. The van der Waals surface area contributed by atoms with Gasteiger partial charge in [-0.25, -0.2) is 0 Å². The third-order valence-electron chi connectivity index (χ3n) is 3.02. The van der Waals surface area contributed by atoms with Crippen molar-refractivity contribution >= 4 is 0 Å². The fourth-order valence-corrected chi connectivity index (χ4v) is 2.11. The Hall–Kier alpha value is -0.800. The highest BCUT2D eigenvalue weighted by atomic mass is 16.5. The van der Waals surface area contributed by atoms with E-state index in [1.807, 2.05) is 7.05 Å². The van der Waals surface area contributed by atoms with Crippen LogP contribution in [0.4, 0.5) is 0 Å². The van der Waals surface area contributed by atoms with Gasteiger partial charge in [-0.2, -0.15) is 0 Å². The van der Waals surface area contributed by atoms with Gasteiger partial charge >= 0.3 is 0 Å². The molecule has 2 heterocycles. The number of nitrogens with one attached hydrogen (secondary N) is 1. The Morgan fingerprint density at radius 3 is 3.07 bits per heavy atom. The summed E-state index contributed by atoms with van der Waals surface area (Å²) in [6.07, 6.45) is 6.59. The lowest BCUT2D eigenvalue weighted by atomic mass is 10.0. The molecule has 1 aromatic rings. The van der Waals surface area contributed by atoms with Gasteiger partial charge in [-0.3, -0.25) is 0 Å². The molecule has 1 N–H and O–H groups in total. The maximum absolute atomic E-state index is 5.72. The number of hydrogen-bond donors (Lipinski definition) is 1. The molecule has 0 aromatic carbocycles. The van der Waals surface area contributed by atoms with Crippen LogP contribution in [0.25, 0.3) is 0 Å². The van der Waals surface area contributed by atoms with Crippen LogP contribution >= 0.6 is 0 Å². The van der Waals surface area contributed by atoms with E-state index >= 15 is 0 Å². The van der Waals surface area contributed by atoms with Gasteiger partial charge in [0, 0.05) is 39.1 Å². The Labute approximate surface area is 91.4 Å². The number of aromatic nitrogens is 1. The Kier molecular flexibility index (Phi) is 3.12. The van der Waals surface area contributed by atoms with E-state index in [4.69, 9.17) is 4.74 Å². The maximum atomic E-state index is 5.72. The van der Waals surface area contributed by atoms with Crippen molar-refractivity contribution in [2.45, 2.75) is 31.9 Å². The van der Waals surface area contributed by atoms with Crippen LogP contribution in [0.3, 0.4) is 0 Å². The number of aryl methyl sites for hydroxylation is 1. The number of ether oxygens (including phenoxy) is 1. The Morgan fingerprint density at radius 2 is 2.47 bits per heavy atom. The van der Waals surface area contributed by atoms with Crippen molar-refractivity contribution in [2.75, 3.05) is 13.2 Å². The zero-order valence-corrected chi connectivity index (χ0v) is 9.62. The van der Waals surface area contributed by atoms with Crippen molar-refractivity contribution < 1.29 is 4.74 Å². The van der Waals surface area contributed by atoms with Crippen molar-refractivity contribution in [3.8, 4) is 0 Å². The molecule has 1 atom stereocenters. The predicted molar refractivity (Wildman–Crippen MR) is 60.7 cm³/mol. The van der Waals surface area contributed by atoms with Crippen molar-refractivity contribution in [3.63, 3.8) is 0 Å². The maximum Gasteiger partial charge on any atom is 0.0779 e. The van der Waals surface area contributed by atoms with Crippen molar-refractivity contribution in [3.05, 3.63) is 24.0 Å². The van der Waals surface area contributed by atoms with Gasteiger partial charge in [0.25, 0.3) is 0 Å². The van der Waals surface area contributed by atoms with Crippen molar-refractivity contribution in [2.24, 2.45) is 7.05 Å². The van der Waals surface area contributed by atoms with E-state index in [9.17, 15) is 0 Å². The Morgan fingerprint density at radius 1 is 1.60 bits per heavy atom. The second kappa shape index (κ2) is 4.37. The van der Waals surface area contributed by atoms with Crippen LogP contribution in [-0.4, -0.2) is 23.3 Å². The molecule has 0 spiro atoms. The average Bonchev–Trinajstić information content (AvgIpc) is 2.76. The Bertz CT molecular complexity index is 313. The first-order valence-electron chi connectivity index (χ1n) is 5.63. The Balaban J connectivity index is 1.75. The van der Waals surface area contributed by atoms with Crippen molar-refractivity contribution in [1.29, 1.82) is 0 Å². The minimum atomic E-state index is 0.0643. The molecule has 84 valence electrons. The van der Waals surface area contributed by atoms with E-state index in [1.165, 1.54) is 18.4 Å². The monoisotopic (exact) mass is 208 g/mol. The second-order valence-corrected chi connectivity index (χ2v) is 4.69. The van der Waals surface area contributed by atoms with Gasteiger partial charge in [0.05, 0.1) is 5.60 Å². The van der Waals surface area contributed by atoms with Crippen LogP contribution in [0, 0.1) is 0 Å². The molecule has 3 nitrogen and oxygen atoms in total. The van der Waals surface area contributed by atoms with Crippen LogP contribution in [0.15, 0.2) is 18.5 Å². The van der Waals surface area contributed by atoms with Gasteiger partial charge in [-0.15, -0.1) is 0 Å². The fourth-order valence-electron chi connectivity index (χ4n) is 2.11. The smallest absolute Gasteiger partial charge is 0.0779 e. The summed E-state index contributed by atoms with van der Waals surface area (Å²) < 4.78 is 7.79. The first kappa shape index (κ1) is 10.7. The molecule has 15 heavy (non-hydrogen) atoms. The molecule has 0 amide bonds. The van der Waals surface area contributed by atoms with Crippen LogP contribution in [0.5, 0.6) is 0 Å². The minimum absolute atomic E-state index is 0.0643. The second-order valence-electron chi connectivity index (χ2n) is 4.69. The minimum Gasteiger partial charge on any atom is -0.374 e. The molecular formula is C12H20N2O. The number of rotatable bonds is 4. The molecule has 1 fully saturated rings. The standard InChI is InChI=1S/C12H20N2O/c1-12(5-3-7-15-12)10-13-8-11-4-6-14(2)9-11/h4,6,9,13H,3,5,7-8,10H2,1-2H3. The summed E-state index contributed by atoms with van der Waals surface area (Å²) in [7, 11) is 2.05. The van der Waals surface area contributed by atoms with Crippen LogP contribution in [-0.2, 0) is 18.3 Å². The van der Waals surface area contributed by atoms with Gasteiger partial charge in [-0.1, -0.05) is 0 Å². The highest BCUT2D eigenvalue weighted by molar-refractivity contribution is 5.09. The lowest BCUT2D eigenvalue weighted by Crippen LogP contribution is -2.36. The quantitative estimate of drug-likeness (QED) is 0.815. The molecule has 0 bridgehead atoms. The van der Waals surface area contributed by atoms with Gasteiger partial charge in [0.1, 0.15) is 0 Å². The highest BCUT2D eigenvalue weighted by Crippen LogP contribution is 2.23. The topological polar surface area (TPSA) is 26.2 Å². The lowest BCUT2D eigenvalue weighted by Gasteiger charge is -2.23. The normalized spacial score (nSPS) is 26.0. The first-order valence-corrected chi connectivity index (χ1v) is 5.63. The average molecular weight is 208 g/mol. The van der Waals surface area contributed by atoms with Crippen LogP contribution in [0.2, 0.25) is 0 Å². The van der Waals surface area contributed by atoms with E-state index in [-0.39, 0.29) is 5.60 Å². The van der Waals surface area contributed by atoms with Gasteiger partial charge in [0.2, 0.25) is 0 Å². The summed E-state index contributed by atoms with van der Waals surface area (Å²) in [4.78, 5) is 0. The molecule has 0 radical (unpaired) electrons. The molecule has 2 rings (SSSR count). The van der Waals surface area contributed by atoms with E-state index in [0.717, 1.165) is 19.7 Å². The molecule has 1 unspecified atom stereocenters. The van der Waals surface area contributed by atoms with E-state index in [1.54, 1.807) is 0 Å². The van der Waals surface area contributed by atoms with Gasteiger partial charge < -0.3 is 14.6 Å². The molecule has 0 saturated carbocycles. The van der Waals surface area contributed by atoms with Crippen LogP contribution in [0.1, 0.15) is 25.3 Å². The molecule has 1 aliphatic heterocycles. The molecule has 1 aliphatic rings. The van der Waals surface area contributed by atoms with E-state index < -0.39 is 0 Å².